The zero-order valence-electron chi connectivity index (χ0n) is 17.3. The van der Waals surface area contributed by atoms with Crippen molar-refractivity contribution in [3.8, 4) is 18.0 Å². The number of hydrogen-bond acceptors (Lipinski definition) is 7. The molecule has 0 N–H and O–H groups in total. The summed E-state index contributed by atoms with van der Waals surface area (Å²) in [5, 5.41) is -0.515. The van der Waals surface area contributed by atoms with E-state index in [1.54, 1.807) is 0 Å². The number of carbonyl (C=O) groups excluding carboxylic acids is 2. The highest BCUT2D eigenvalue weighted by atomic mass is 35.5. The van der Waals surface area contributed by atoms with Crippen LogP contribution >= 0.6 is 11.6 Å². The Labute approximate surface area is 193 Å². The Balaban J connectivity index is 2.30. The highest BCUT2D eigenvalue weighted by Crippen LogP contribution is 2.27. The normalized spacial score (nSPS) is 11.1. The Hall–Kier alpha value is -3.63. The van der Waals surface area contributed by atoms with Crippen LogP contribution in [-0.2, 0) is 32.2 Å². The Morgan fingerprint density at radius 3 is 2.44 bits per heavy atom. The molecule has 0 saturated carbocycles. The lowest BCUT2D eigenvalue weighted by atomic mass is 10.2. The lowest BCUT2D eigenvalue weighted by Gasteiger charge is -2.15. The maximum atomic E-state index is 14.5. The van der Waals surface area contributed by atoms with Crippen LogP contribution in [0.25, 0.3) is 5.69 Å². The summed E-state index contributed by atoms with van der Waals surface area (Å²) < 4.78 is 68.0. The van der Waals surface area contributed by atoms with Crippen molar-refractivity contribution >= 4 is 23.5 Å². The van der Waals surface area contributed by atoms with Crippen LogP contribution in [0.1, 0.15) is 16.1 Å². The first-order valence-corrected chi connectivity index (χ1v) is 9.50. The number of esters is 2. The molecule has 0 aliphatic heterocycles. The van der Waals surface area contributed by atoms with Crippen LogP contribution in [0.2, 0.25) is 5.02 Å². The van der Waals surface area contributed by atoms with Gasteiger partial charge in [0.1, 0.15) is 24.7 Å². The van der Waals surface area contributed by atoms with Gasteiger partial charge in [0, 0.05) is 13.1 Å². The van der Waals surface area contributed by atoms with E-state index in [1.165, 1.54) is 0 Å². The number of hydrogen-bond donors (Lipinski definition) is 0. The smallest absolute Gasteiger partial charge is 0.431 e. The van der Waals surface area contributed by atoms with Gasteiger partial charge in [-0.25, -0.2) is 23.3 Å². The lowest BCUT2D eigenvalue weighted by Crippen LogP contribution is -2.41. The van der Waals surface area contributed by atoms with Crippen molar-refractivity contribution in [1.29, 1.82) is 0 Å². The number of carbonyl (C=O) groups is 2. The number of benzene rings is 1. The molecule has 14 heteroatoms. The summed E-state index contributed by atoms with van der Waals surface area (Å²) in [5.41, 5.74) is -6.03. The Kier molecular flexibility index (Phi) is 8.61. The van der Waals surface area contributed by atoms with Crippen molar-refractivity contribution in [2.24, 2.45) is 7.05 Å². The van der Waals surface area contributed by atoms with Crippen LogP contribution < -0.4 is 11.2 Å². The molecule has 0 aliphatic carbocycles. The summed E-state index contributed by atoms with van der Waals surface area (Å²) in [5.74, 6) is -1.32. The minimum absolute atomic E-state index is 0.00304. The molecular formula is C20H15ClF4N2O7. The Morgan fingerprint density at radius 2 is 1.82 bits per heavy atom. The quantitative estimate of drug-likeness (QED) is 0.232. The molecule has 0 saturated heterocycles. The Bertz CT molecular complexity index is 1260. The highest BCUT2D eigenvalue weighted by molar-refractivity contribution is 6.33. The van der Waals surface area contributed by atoms with Gasteiger partial charge in [-0.1, -0.05) is 17.5 Å². The summed E-state index contributed by atoms with van der Waals surface area (Å²) >= 11 is 5.82. The van der Waals surface area contributed by atoms with Crippen molar-refractivity contribution in [3.05, 3.63) is 61.1 Å². The molecule has 1 heterocycles. The third-order valence-electron chi connectivity index (χ3n) is 4.11. The average molecular weight is 507 g/mol. The van der Waals surface area contributed by atoms with Gasteiger partial charge in [-0.2, -0.15) is 13.2 Å². The van der Waals surface area contributed by atoms with Crippen molar-refractivity contribution in [2.75, 3.05) is 26.4 Å². The fraction of sp³-hybridized carbons (Fsp3) is 0.300. The van der Waals surface area contributed by atoms with Crippen LogP contribution in [0.3, 0.4) is 0 Å². The zero-order chi connectivity index (χ0) is 25.6. The summed E-state index contributed by atoms with van der Waals surface area (Å²) in [7, 11) is 0.729. The molecule has 0 fully saturated rings. The van der Waals surface area contributed by atoms with Crippen LogP contribution in [-0.4, -0.2) is 47.5 Å². The predicted octanol–water partition coefficient (Wildman–Crippen LogP) is 1.70. The summed E-state index contributed by atoms with van der Waals surface area (Å²) in [6, 6.07) is 1.28. The third kappa shape index (κ3) is 6.24. The average Bonchev–Trinajstić information content (AvgIpc) is 2.75. The Morgan fingerprint density at radius 1 is 1.15 bits per heavy atom. The number of ether oxygens (including phenoxy) is 3. The minimum Gasteiger partial charge on any atom is -0.461 e. The second kappa shape index (κ2) is 11.0. The van der Waals surface area contributed by atoms with E-state index >= 15 is 0 Å². The van der Waals surface area contributed by atoms with Crippen molar-refractivity contribution < 1.29 is 41.4 Å². The van der Waals surface area contributed by atoms with Gasteiger partial charge in [-0.05, 0) is 12.1 Å². The van der Waals surface area contributed by atoms with Gasteiger partial charge in [0.05, 0.1) is 22.9 Å². The molecule has 0 amide bonds. The maximum absolute atomic E-state index is 14.5. The molecule has 0 unspecified atom stereocenters. The summed E-state index contributed by atoms with van der Waals surface area (Å²) in [6.07, 6.45) is -0.0594. The van der Waals surface area contributed by atoms with Crippen LogP contribution in [0.15, 0.2) is 27.8 Å². The fourth-order valence-corrected chi connectivity index (χ4v) is 2.80. The number of rotatable bonds is 8. The number of halogens is 5. The van der Waals surface area contributed by atoms with E-state index in [0.717, 1.165) is 7.05 Å². The fourth-order valence-electron chi connectivity index (χ4n) is 2.57. The van der Waals surface area contributed by atoms with Crippen molar-refractivity contribution in [1.82, 2.24) is 9.13 Å². The van der Waals surface area contributed by atoms with Crippen molar-refractivity contribution in [3.63, 3.8) is 0 Å². The second-order valence-electron chi connectivity index (χ2n) is 6.38. The molecule has 34 heavy (non-hydrogen) atoms. The van der Waals surface area contributed by atoms with Gasteiger partial charge in [-0.15, -0.1) is 6.42 Å². The second-order valence-corrected chi connectivity index (χ2v) is 6.79. The first-order chi connectivity index (χ1) is 15.9. The molecule has 0 aliphatic rings. The van der Waals surface area contributed by atoms with E-state index < -0.39 is 63.8 Å². The molecule has 1 aromatic heterocycles. The van der Waals surface area contributed by atoms with E-state index in [1.807, 2.05) is 0 Å². The number of nitrogens with zero attached hydrogens (tertiary/aromatic N) is 2. The van der Waals surface area contributed by atoms with Crippen LogP contribution in [0, 0.1) is 18.2 Å². The van der Waals surface area contributed by atoms with Gasteiger partial charge in [0.15, 0.2) is 6.61 Å². The van der Waals surface area contributed by atoms with Gasteiger partial charge < -0.3 is 14.2 Å². The topological polar surface area (TPSA) is 106 Å². The van der Waals surface area contributed by atoms with Crippen LogP contribution in [0.5, 0.6) is 0 Å². The molecule has 1 aromatic carbocycles. The zero-order valence-corrected chi connectivity index (χ0v) is 18.0. The molecule has 0 bridgehead atoms. The lowest BCUT2D eigenvalue weighted by molar-refractivity contribution is -0.148. The summed E-state index contributed by atoms with van der Waals surface area (Å²) in [4.78, 5) is 48.5. The van der Waals surface area contributed by atoms with E-state index in [-0.39, 0.29) is 35.0 Å². The van der Waals surface area contributed by atoms with E-state index in [9.17, 15) is 36.7 Å². The van der Waals surface area contributed by atoms with E-state index in [4.69, 9.17) is 32.2 Å². The van der Waals surface area contributed by atoms with Gasteiger partial charge in [-0.3, -0.25) is 9.36 Å². The number of alkyl halides is 3. The monoisotopic (exact) mass is 506 g/mol. The van der Waals surface area contributed by atoms with Gasteiger partial charge in [0.25, 0.3) is 5.56 Å². The van der Waals surface area contributed by atoms with Gasteiger partial charge in [0.2, 0.25) is 0 Å². The molecule has 0 radical (unpaired) electrons. The summed E-state index contributed by atoms with van der Waals surface area (Å²) in [6.45, 7) is -1.06. The molecule has 0 atom stereocenters. The molecule has 0 spiro atoms. The molecule has 182 valence electrons. The van der Waals surface area contributed by atoms with Crippen molar-refractivity contribution in [2.45, 2.75) is 6.18 Å². The highest BCUT2D eigenvalue weighted by Gasteiger charge is 2.35. The first-order valence-electron chi connectivity index (χ1n) is 9.12. The van der Waals surface area contributed by atoms with Crippen LogP contribution in [0.4, 0.5) is 17.6 Å². The van der Waals surface area contributed by atoms with E-state index in [2.05, 4.69) is 5.92 Å². The molecule has 2 aromatic rings. The number of terminal acetylenes is 1. The SMILES string of the molecule is C#CCOCCOC(=O)COC(=O)c1cc(-n2c(=O)cc(C(F)(F)F)n(C)c2=O)c(F)cc1Cl. The molecule has 9 nitrogen and oxygen atoms in total. The van der Waals surface area contributed by atoms with E-state index in [0.29, 0.717) is 12.1 Å². The van der Waals surface area contributed by atoms with Gasteiger partial charge >= 0.3 is 23.8 Å². The largest absolute Gasteiger partial charge is 0.461 e. The first kappa shape index (κ1) is 26.6. The minimum atomic E-state index is -5.03. The maximum Gasteiger partial charge on any atom is 0.431 e. The molecular weight excluding hydrogens is 492 g/mol. The third-order valence-corrected chi connectivity index (χ3v) is 4.42. The standard InChI is InChI=1S/C20H15ClF4N2O7/c1-3-4-32-5-6-33-17(29)10-34-18(30)11-7-14(13(22)8-12(11)21)27-16(28)9-15(20(23,24)25)26(2)19(27)31/h1,7-9H,4-6,10H2,2H3. The molecule has 2 rings (SSSR count). The number of aromatic nitrogens is 2. The predicted molar refractivity (Wildman–Crippen MR) is 108 cm³/mol.